The van der Waals surface area contributed by atoms with E-state index < -0.39 is 28.4 Å². The third-order valence-corrected chi connectivity index (χ3v) is 6.45. The van der Waals surface area contributed by atoms with E-state index in [0.717, 1.165) is 6.26 Å². The second-order valence-corrected chi connectivity index (χ2v) is 9.43. The molecule has 12 nitrogen and oxygen atoms in total. The summed E-state index contributed by atoms with van der Waals surface area (Å²) in [6.45, 7) is -1.80. The number of hydrogen-bond donors (Lipinski definition) is 3. The molecule has 32 heavy (non-hydrogen) atoms. The summed E-state index contributed by atoms with van der Waals surface area (Å²) in [4.78, 5) is 29.0. The van der Waals surface area contributed by atoms with E-state index in [1.54, 1.807) is 5.32 Å². The topological polar surface area (TPSA) is 162 Å². The Morgan fingerprint density at radius 2 is 2.00 bits per heavy atom. The fraction of sp³-hybridized carbons (Fsp3) is 0.421. The molecule has 1 unspecified atom stereocenters. The van der Waals surface area contributed by atoms with Crippen molar-refractivity contribution >= 4 is 39.0 Å². The van der Waals surface area contributed by atoms with Gasteiger partial charge in [-0.25, -0.2) is 13.4 Å². The van der Waals surface area contributed by atoms with Crippen molar-refractivity contribution in [1.29, 1.82) is 0 Å². The van der Waals surface area contributed by atoms with Crippen LogP contribution in [0.4, 0.5) is 17.3 Å². The Bertz CT molecular complexity index is 1280. The van der Waals surface area contributed by atoms with Crippen molar-refractivity contribution in [2.45, 2.75) is 4.90 Å². The average molecular weight is 466 g/mol. The monoisotopic (exact) mass is 465 g/mol. The molecule has 2 fully saturated rings. The number of nitrogens with one attached hydrogen (secondary N) is 3. The lowest BCUT2D eigenvalue weighted by molar-refractivity contribution is -0.118. The predicted octanol–water partition coefficient (Wildman–Crippen LogP) is 0.218. The van der Waals surface area contributed by atoms with Crippen molar-refractivity contribution in [3.05, 3.63) is 24.0 Å². The van der Waals surface area contributed by atoms with E-state index in [2.05, 4.69) is 25.8 Å². The zero-order valence-electron chi connectivity index (χ0n) is 20.1. The van der Waals surface area contributed by atoms with Gasteiger partial charge in [0.15, 0.2) is 21.3 Å². The van der Waals surface area contributed by atoms with Crippen LogP contribution in [0.3, 0.4) is 0 Å². The van der Waals surface area contributed by atoms with Gasteiger partial charge in [-0.05, 0) is 11.8 Å². The van der Waals surface area contributed by atoms with Crippen LogP contribution in [0.2, 0.25) is 0 Å². The highest BCUT2D eigenvalue weighted by Gasteiger charge is 2.58. The van der Waals surface area contributed by atoms with E-state index in [0.29, 0.717) is 13.2 Å². The number of carbonyl (C=O) groups is 2. The van der Waals surface area contributed by atoms with Crippen molar-refractivity contribution in [2.24, 2.45) is 17.8 Å². The van der Waals surface area contributed by atoms with Crippen molar-refractivity contribution in [1.82, 2.24) is 20.5 Å². The molecule has 3 N–H and O–H groups in total. The number of rotatable bonds is 7. The maximum Gasteiger partial charge on any atom is 0.273 e. The van der Waals surface area contributed by atoms with Crippen molar-refractivity contribution < 1.29 is 31.6 Å². The molecule has 170 valence electrons. The summed E-state index contributed by atoms with van der Waals surface area (Å²) in [5, 5.41) is 14.7. The van der Waals surface area contributed by atoms with Crippen molar-refractivity contribution in [3.63, 3.8) is 0 Å². The normalized spacial score (nSPS) is 23.2. The maximum absolute atomic E-state index is 12.6. The first kappa shape index (κ1) is 18.3. The van der Waals surface area contributed by atoms with E-state index >= 15 is 0 Å². The van der Waals surface area contributed by atoms with Crippen LogP contribution in [0.1, 0.15) is 14.6 Å². The smallest absolute Gasteiger partial charge is 0.273 e. The first-order valence-electron chi connectivity index (χ1n) is 11.0. The fourth-order valence-electron chi connectivity index (χ4n) is 3.66. The molecule has 3 heterocycles. The molecule has 0 spiro atoms. The molecule has 0 radical (unpaired) electrons. The highest BCUT2D eigenvalue weighted by atomic mass is 32.2. The summed E-state index contributed by atoms with van der Waals surface area (Å²) < 4.78 is 56.8. The Hall–Kier alpha value is -3.32. The Morgan fingerprint density at radius 3 is 2.66 bits per heavy atom. The molecular formula is C19H22N6O6S. The molecule has 2 aliphatic rings. The molecule has 13 heteroatoms. The van der Waals surface area contributed by atoms with Gasteiger partial charge in [0.2, 0.25) is 5.91 Å². The number of anilines is 3. The summed E-state index contributed by atoms with van der Waals surface area (Å²) in [6.07, 6.45) is 2.22. The van der Waals surface area contributed by atoms with Gasteiger partial charge in [-0.15, -0.1) is 10.2 Å². The second kappa shape index (κ2) is 8.31. The Morgan fingerprint density at radius 1 is 1.25 bits per heavy atom. The van der Waals surface area contributed by atoms with Crippen LogP contribution >= 0.6 is 0 Å². The number of carbonyl (C=O) groups excluding carboxylic acids is 2. The average Bonchev–Trinajstić information content (AvgIpc) is 3.24. The zero-order valence-corrected chi connectivity index (χ0v) is 17.9. The number of fused-ring (bicyclic) bond motifs is 1. The highest BCUT2D eigenvalue weighted by Crippen LogP contribution is 2.51. The van der Waals surface area contributed by atoms with Gasteiger partial charge in [-0.3, -0.25) is 9.59 Å². The number of sulfone groups is 1. The molecular weight excluding hydrogens is 440 g/mol. The molecule has 3 atom stereocenters. The van der Waals surface area contributed by atoms with Crippen molar-refractivity contribution in [3.8, 4) is 5.75 Å². The van der Waals surface area contributed by atoms with Crippen LogP contribution in [0.5, 0.6) is 5.75 Å². The zero-order chi connectivity index (χ0) is 25.5. The van der Waals surface area contributed by atoms with Gasteiger partial charge in [0.25, 0.3) is 5.91 Å². The van der Waals surface area contributed by atoms with Crippen LogP contribution in [0.15, 0.2) is 23.2 Å². The second-order valence-electron chi connectivity index (χ2n) is 7.45. The quantitative estimate of drug-likeness (QED) is 0.516. The minimum absolute atomic E-state index is 0.0248. The van der Waals surface area contributed by atoms with Crippen LogP contribution in [-0.2, 0) is 19.4 Å². The van der Waals surface area contributed by atoms with Crippen LogP contribution in [-0.4, -0.2) is 69.0 Å². The number of methoxy groups -OCH3 is 1. The summed E-state index contributed by atoms with van der Waals surface area (Å²) in [7, 11) is -2.46. The maximum atomic E-state index is 12.6. The molecule has 0 aromatic carbocycles. The Balaban J connectivity index is 1.68. The lowest BCUT2D eigenvalue weighted by atomic mass is 10.2. The molecule has 2 amide bonds. The summed E-state index contributed by atoms with van der Waals surface area (Å²) in [5.74, 6) is -1.34. The minimum Gasteiger partial charge on any atom is -0.495 e. The number of pyridine rings is 1. The van der Waals surface area contributed by atoms with Crippen LogP contribution in [0.25, 0.3) is 0 Å². The summed E-state index contributed by atoms with van der Waals surface area (Å²) in [5.41, 5.74) is -0.577. The fourth-order valence-corrected chi connectivity index (χ4v) is 4.44. The number of amides is 2. The SMILES string of the molecule is [2H]C([2H])([2H])NC(=O)c1nnc(NC(=O)C2[C@H]3COC[C@@H]23)cc1Nc1ncc(OC)cc1S(C)(=O)=O. The highest BCUT2D eigenvalue weighted by molar-refractivity contribution is 7.90. The van der Waals surface area contributed by atoms with E-state index in [1.807, 2.05) is 0 Å². The number of aromatic nitrogens is 3. The lowest BCUT2D eigenvalue weighted by Gasteiger charge is -2.14. The number of nitrogens with zero attached hydrogens (tertiary/aromatic N) is 3. The molecule has 2 aromatic rings. The van der Waals surface area contributed by atoms with Crippen LogP contribution < -0.4 is 20.7 Å². The van der Waals surface area contributed by atoms with Gasteiger partial charge >= 0.3 is 0 Å². The largest absolute Gasteiger partial charge is 0.495 e. The first-order chi connectivity index (χ1) is 16.4. The van der Waals surface area contributed by atoms with E-state index in [1.165, 1.54) is 25.4 Å². The first-order valence-corrected chi connectivity index (χ1v) is 11.4. The predicted molar refractivity (Wildman–Crippen MR) is 113 cm³/mol. The molecule has 1 saturated heterocycles. The molecule has 0 bridgehead atoms. The van der Waals surface area contributed by atoms with Gasteiger partial charge in [0.1, 0.15) is 16.5 Å². The summed E-state index contributed by atoms with van der Waals surface area (Å²) >= 11 is 0. The number of hydrogen-bond acceptors (Lipinski definition) is 10. The van der Waals surface area contributed by atoms with Gasteiger partial charge in [0, 0.05) is 35.4 Å². The van der Waals surface area contributed by atoms with Gasteiger partial charge in [-0.1, -0.05) is 0 Å². The van der Waals surface area contributed by atoms with Crippen LogP contribution in [0, 0.1) is 17.8 Å². The Kier molecular flexibility index (Phi) is 4.75. The summed E-state index contributed by atoms with van der Waals surface area (Å²) in [6, 6.07) is 2.48. The molecule has 4 rings (SSSR count). The third-order valence-electron chi connectivity index (χ3n) is 5.34. The van der Waals surface area contributed by atoms with Gasteiger partial charge in [0.05, 0.1) is 32.2 Å². The van der Waals surface area contributed by atoms with E-state index in [9.17, 15) is 18.0 Å². The Labute approximate surface area is 188 Å². The third kappa shape index (κ3) is 4.21. The number of ether oxygens (including phenoxy) is 2. The molecule has 1 saturated carbocycles. The van der Waals surface area contributed by atoms with Crippen molar-refractivity contribution in [2.75, 3.05) is 44.2 Å². The molecule has 2 aromatic heterocycles. The van der Waals surface area contributed by atoms with Gasteiger partial charge < -0.3 is 25.4 Å². The molecule has 1 aliphatic carbocycles. The van der Waals surface area contributed by atoms with E-state index in [-0.39, 0.29) is 51.6 Å². The standard InChI is InChI=1S/C19H22N6O6S/c1-20-19(27)16-12(22-17-13(32(3,28)29)4-9(30-2)6-21-17)5-14(24-25-16)23-18(26)15-10-7-31-8-11(10)15/h4-6,10-11,15H,7-8H2,1-3H3,(H,20,27)(H2,21,22,23,24,26)/t10-,11+,15?/i1D3. The molecule has 1 aliphatic heterocycles. The van der Waals surface area contributed by atoms with E-state index in [4.69, 9.17) is 13.6 Å². The minimum atomic E-state index is -3.80. The van der Waals surface area contributed by atoms with Gasteiger partial charge in [-0.2, -0.15) is 0 Å². The lowest BCUT2D eigenvalue weighted by Crippen LogP contribution is -2.23.